The van der Waals surface area contributed by atoms with Gasteiger partial charge in [-0.3, -0.25) is 9.89 Å². The minimum atomic E-state index is 0.322. The van der Waals surface area contributed by atoms with Crippen LogP contribution >= 0.6 is 0 Å². The molecule has 0 aromatic heterocycles. The van der Waals surface area contributed by atoms with Crippen LogP contribution in [-0.2, 0) is 11.3 Å². The summed E-state index contributed by atoms with van der Waals surface area (Å²) in [6, 6.07) is 6.72. The molecule has 3 fully saturated rings. The molecule has 2 heterocycles. The maximum absolute atomic E-state index is 6.34. The molecule has 1 aromatic rings. The Morgan fingerprint density at radius 1 is 1.17 bits per heavy atom. The van der Waals surface area contributed by atoms with E-state index in [1.807, 2.05) is 19.2 Å². The summed E-state index contributed by atoms with van der Waals surface area (Å²) in [6.45, 7) is 6.53. The molecule has 2 saturated heterocycles. The third-order valence-electron chi connectivity index (χ3n) is 6.54. The minimum absolute atomic E-state index is 0.322. The Labute approximate surface area is 180 Å². The van der Waals surface area contributed by atoms with E-state index in [-0.39, 0.29) is 0 Å². The molecule has 166 valence electrons. The second kappa shape index (κ2) is 10.4. The highest BCUT2D eigenvalue weighted by Crippen LogP contribution is 2.30. The van der Waals surface area contributed by atoms with Crippen LogP contribution < -0.4 is 14.8 Å². The normalized spacial score (nSPS) is 23.7. The molecule has 1 unspecified atom stereocenters. The molecule has 0 amide bonds. The Bertz CT molecular complexity index is 714. The molecule has 0 spiro atoms. The first-order valence-corrected chi connectivity index (χ1v) is 11.4. The number of likely N-dealkylation sites (tertiary alicyclic amines) is 1. The van der Waals surface area contributed by atoms with Crippen LogP contribution in [0, 0.1) is 0 Å². The molecule has 4 rings (SSSR count). The van der Waals surface area contributed by atoms with Gasteiger partial charge in [-0.2, -0.15) is 0 Å². The zero-order valence-corrected chi connectivity index (χ0v) is 18.4. The van der Waals surface area contributed by atoms with E-state index in [9.17, 15) is 0 Å². The topological polar surface area (TPSA) is 58.6 Å². The standard InChI is InChI=1S/C23H36N4O3/c1-24-23(27-10-9-19(17-27)26-11-13-29-14-12-26)25-16-18-7-8-21(28-2)15-22(18)30-20-5-3-4-6-20/h7-8,15,19-20H,3-6,9-14,16-17H2,1-2H3,(H,24,25). The number of methoxy groups -OCH3 is 1. The number of rotatable bonds is 6. The van der Waals surface area contributed by atoms with Gasteiger partial charge >= 0.3 is 0 Å². The van der Waals surface area contributed by atoms with Crippen LogP contribution in [0.4, 0.5) is 0 Å². The number of ether oxygens (including phenoxy) is 3. The number of benzene rings is 1. The van der Waals surface area contributed by atoms with Crippen molar-refractivity contribution in [2.75, 3.05) is 53.6 Å². The van der Waals surface area contributed by atoms with E-state index in [0.29, 0.717) is 18.7 Å². The third kappa shape index (κ3) is 5.19. The van der Waals surface area contributed by atoms with Crippen molar-refractivity contribution in [3.63, 3.8) is 0 Å². The molecule has 7 nitrogen and oxygen atoms in total. The average molecular weight is 417 g/mol. The fourth-order valence-electron chi connectivity index (χ4n) is 4.78. The van der Waals surface area contributed by atoms with E-state index < -0.39 is 0 Å². The summed E-state index contributed by atoms with van der Waals surface area (Å²) in [5.74, 6) is 2.73. The first kappa shape index (κ1) is 21.2. The fourth-order valence-corrected chi connectivity index (χ4v) is 4.78. The first-order valence-electron chi connectivity index (χ1n) is 11.4. The summed E-state index contributed by atoms with van der Waals surface area (Å²) in [4.78, 5) is 9.49. The van der Waals surface area contributed by atoms with E-state index in [0.717, 1.165) is 75.3 Å². The van der Waals surface area contributed by atoms with Gasteiger partial charge in [0.2, 0.25) is 0 Å². The molecule has 3 aliphatic rings. The molecule has 30 heavy (non-hydrogen) atoms. The van der Waals surface area contributed by atoms with Gasteiger partial charge in [-0.25, -0.2) is 0 Å². The second-order valence-corrected chi connectivity index (χ2v) is 8.44. The Morgan fingerprint density at radius 2 is 1.97 bits per heavy atom. The van der Waals surface area contributed by atoms with Gasteiger partial charge in [0.1, 0.15) is 11.5 Å². The minimum Gasteiger partial charge on any atom is -0.497 e. The van der Waals surface area contributed by atoms with Crippen molar-refractivity contribution >= 4 is 5.96 Å². The monoisotopic (exact) mass is 416 g/mol. The quantitative estimate of drug-likeness (QED) is 0.568. The van der Waals surface area contributed by atoms with E-state index >= 15 is 0 Å². The molecule has 7 heteroatoms. The van der Waals surface area contributed by atoms with Gasteiger partial charge in [-0.1, -0.05) is 0 Å². The lowest BCUT2D eigenvalue weighted by molar-refractivity contribution is 0.0195. The Hall–Kier alpha value is -1.99. The number of aliphatic imine (C=N–C) groups is 1. The Kier molecular flexibility index (Phi) is 7.33. The van der Waals surface area contributed by atoms with E-state index in [4.69, 9.17) is 14.2 Å². The van der Waals surface area contributed by atoms with E-state index in [2.05, 4.69) is 26.2 Å². The Balaban J connectivity index is 1.36. The second-order valence-electron chi connectivity index (χ2n) is 8.44. The van der Waals surface area contributed by atoms with Gasteiger partial charge in [-0.05, 0) is 44.2 Å². The van der Waals surface area contributed by atoms with Crippen LogP contribution in [0.2, 0.25) is 0 Å². The van der Waals surface area contributed by atoms with Gasteiger partial charge in [0, 0.05) is 57.4 Å². The molecule has 2 aliphatic heterocycles. The van der Waals surface area contributed by atoms with Gasteiger partial charge in [0.25, 0.3) is 0 Å². The lowest BCUT2D eigenvalue weighted by atomic mass is 10.2. The fraction of sp³-hybridized carbons (Fsp3) is 0.696. The largest absolute Gasteiger partial charge is 0.497 e. The van der Waals surface area contributed by atoms with Crippen molar-refractivity contribution < 1.29 is 14.2 Å². The van der Waals surface area contributed by atoms with Crippen molar-refractivity contribution in [2.45, 2.75) is 50.8 Å². The smallest absolute Gasteiger partial charge is 0.193 e. The maximum Gasteiger partial charge on any atom is 0.193 e. The molecule has 1 aromatic carbocycles. The van der Waals surface area contributed by atoms with Crippen molar-refractivity contribution in [3.8, 4) is 11.5 Å². The zero-order chi connectivity index (χ0) is 20.8. The molecule has 1 atom stereocenters. The van der Waals surface area contributed by atoms with Crippen molar-refractivity contribution in [3.05, 3.63) is 23.8 Å². The summed E-state index contributed by atoms with van der Waals surface area (Å²) in [5.41, 5.74) is 1.15. The highest BCUT2D eigenvalue weighted by atomic mass is 16.5. The van der Waals surface area contributed by atoms with Crippen LogP contribution in [0.1, 0.15) is 37.7 Å². The predicted octanol–water partition coefficient (Wildman–Crippen LogP) is 2.50. The molecular formula is C23H36N4O3. The van der Waals surface area contributed by atoms with Gasteiger partial charge in [0.15, 0.2) is 5.96 Å². The maximum atomic E-state index is 6.34. The van der Waals surface area contributed by atoms with Crippen LogP contribution in [0.5, 0.6) is 11.5 Å². The number of guanidine groups is 1. The van der Waals surface area contributed by atoms with E-state index in [1.54, 1.807) is 7.11 Å². The summed E-state index contributed by atoms with van der Waals surface area (Å²) < 4.78 is 17.3. The lowest BCUT2D eigenvalue weighted by Crippen LogP contribution is -2.46. The highest BCUT2D eigenvalue weighted by molar-refractivity contribution is 5.80. The van der Waals surface area contributed by atoms with Crippen molar-refractivity contribution in [1.29, 1.82) is 0 Å². The predicted molar refractivity (Wildman–Crippen MR) is 118 cm³/mol. The number of morpholine rings is 1. The summed E-state index contributed by atoms with van der Waals surface area (Å²) in [7, 11) is 3.57. The van der Waals surface area contributed by atoms with Crippen LogP contribution in [0.3, 0.4) is 0 Å². The van der Waals surface area contributed by atoms with Crippen molar-refractivity contribution in [1.82, 2.24) is 15.1 Å². The summed E-state index contributed by atoms with van der Waals surface area (Å²) in [6.07, 6.45) is 6.30. The Morgan fingerprint density at radius 3 is 2.70 bits per heavy atom. The SMILES string of the molecule is CN=C(NCc1ccc(OC)cc1OC1CCCC1)N1CCC(N2CCOCC2)C1. The van der Waals surface area contributed by atoms with Crippen LogP contribution in [0.25, 0.3) is 0 Å². The third-order valence-corrected chi connectivity index (χ3v) is 6.54. The van der Waals surface area contributed by atoms with Crippen molar-refractivity contribution in [2.24, 2.45) is 4.99 Å². The molecule has 0 radical (unpaired) electrons. The first-order chi connectivity index (χ1) is 14.8. The molecule has 1 aliphatic carbocycles. The number of nitrogens with zero attached hydrogens (tertiary/aromatic N) is 3. The molecule has 1 saturated carbocycles. The number of nitrogens with one attached hydrogen (secondary N) is 1. The van der Waals surface area contributed by atoms with Gasteiger partial charge in [0.05, 0.1) is 26.4 Å². The van der Waals surface area contributed by atoms with Crippen LogP contribution in [-0.4, -0.2) is 81.5 Å². The summed E-state index contributed by atoms with van der Waals surface area (Å²) >= 11 is 0. The number of hydrogen-bond donors (Lipinski definition) is 1. The van der Waals surface area contributed by atoms with E-state index in [1.165, 1.54) is 19.3 Å². The molecular weight excluding hydrogens is 380 g/mol. The van der Waals surface area contributed by atoms with Crippen LogP contribution in [0.15, 0.2) is 23.2 Å². The van der Waals surface area contributed by atoms with Gasteiger partial charge in [-0.15, -0.1) is 0 Å². The lowest BCUT2D eigenvalue weighted by Gasteiger charge is -2.32. The molecule has 1 N–H and O–H groups in total. The highest BCUT2D eigenvalue weighted by Gasteiger charge is 2.30. The summed E-state index contributed by atoms with van der Waals surface area (Å²) in [5, 5.41) is 3.57. The number of hydrogen-bond acceptors (Lipinski definition) is 5. The zero-order valence-electron chi connectivity index (χ0n) is 18.4. The molecule has 0 bridgehead atoms. The average Bonchev–Trinajstić information content (AvgIpc) is 3.48. The van der Waals surface area contributed by atoms with Gasteiger partial charge < -0.3 is 24.4 Å².